The number of hydrogen-bond donors (Lipinski definition) is 1. The lowest BCUT2D eigenvalue weighted by Crippen LogP contribution is -2.31. The molecule has 1 unspecified atom stereocenters. The molecule has 2 rings (SSSR count). The van der Waals surface area contributed by atoms with Crippen LogP contribution in [0.2, 0.25) is 0 Å². The van der Waals surface area contributed by atoms with Crippen molar-refractivity contribution >= 4 is 5.95 Å². The SMILES string of the molecule is CCC(Nc1nc(OC)nc(OC)n1)C1CCCCC1. The van der Waals surface area contributed by atoms with Crippen molar-refractivity contribution in [3.63, 3.8) is 0 Å². The predicted molar refractivity (Wildman–Crippen MR) is 77.2 cm³/mol. The molecule has 1 aliphatic rings. The summed E-state index contributed by atoms with van der Waals surface area (Å²) in [5.74, 6) is 1.23. The molecule has 1 heterocycles. The molecule has 0 amide bonds. The minimum atomic E-state index is 0.276. The van der Waals surface area contributed by atoms with E-state index in [-0.39, 0.29) is 12.0 Å². The van der Waals surface area contributed by atoms with E-state index in [0.717, 1.165) is 6.42 Å². The van der Waals surface area contributed by atoms with Gasteiger partial charge in [0.05, 0.1) is 14.2 Å². The fourth-order valence-electron chi connectivity index (χ4n) is 2.84. The molecule has 1 atom stereocenters. The number of ether oxygens (including phenoxy) is 2. The first-order valence-electron chi connectivity index (χ1n) is 7.37. The van der Waals surface area contributed by atoms with Crippen LogP contribution < -0.4 is 14.8 Å². The molecule has 0 radical (unpaired) electrons. The lowest BCUT2D eigenvalue weighted by molar-refractivity contribution is 0.310. The van der Waals surface area contributed by atoms with E-state index in [1.165, 1.54) is 46.3 Å². The van der Waals surface area contributed by atoms with E-state index < -0.39 is 0 Å². The molecule has 1 N–H and O–H groups in total. The molecule has 0 spiro atoms. The van der Waals surface area contributed by atoms with Crippen molar-refractivity contribution in [2.45, 2.75) is 51.5 Å². The number of rotatable bonds is 6. The van der Waals surface area contributed by atoms with Crippen LogP contribution in [0.3, 0.4) is 0 Å². The maximum atomic E-state index is 5.08. The van der Waals surface area contributed by atoms with E-state index in [0.29, 0.717) is 17.9 Å². The van der Waals surface area contributed by atoms with Crippen LogP contribution in [-0.2, 0) is 0 Å². The van der Waals surface area contributed by atoms with E-state index in [9.17, 15) is 0 Å². The van der Waals surface area contributed by atoms with Gasteiger partial charge in [-0.3, -0.25) is 0 Å². The van der Waals surface area contributed by atoms with Gasteiger partial charge < -0.3 is 14.8 Å². The number of anilines is 1. The van der Waals surface area contributed by atoms with Gasteiger partial charge in [0.15, 0.2) is 0 Å². The molecular formula is C14H24N4O2. The highest BCUT2D eigenvalue weighted by Gasteiger charge is 2.23. The summed E-state index contributed by atoms with van der Waals surface area (Å²) in [5, 5.41) is 3.43. The quantitative estimate of drug-likeness (QED) is 0.864. The monoisotopic (exact) mass is 280 g/mol. The molecule has 20 heavy (non-hydrogen) atoms. The molecule has 6 nitrogen and oxygen atoms in total. The zero-order chi connectivity index (χ0) is 14.4. The molecule has 6 heteroatoms. The summed E-state index contributed by atoms with van der Waals surface area (Å²) >= 11 is 0. The summed E-state index contributed by atoms with van der Waals surface area (Å²) in [6, 6.07) is 0.947. The summed E-state index contributed by atoms with van der Waals surface area (Å²) in [5.41, 5.74) is 0. The zero-order valence-corrected chi connectivity index (χ0v) is 12.6. The minimum Gasteiger partial charge on any atom is -0.467 e. The third-order valence-electron chi connectivity index (χ3n) is 3.93. The molecule has 0 aliphatic heterocycles. The van der Waals surface area contributed by atoms with Crippen molar-refractivity contribution in [2.24, 2.45) is 5.92 Å². The van der Waals surface area contributed by atoms with Crippen molar-refractivity contribution < 1.29 is 9.47 Å². The first-order chi connectivity index (χ1) is 9.76. The van der Waals surface area contributed by atoms with Crippen LogP contribution in [0.1, 0.15) is 45.4 Å². The van der Waals surface area contributed by atoms with Crippen LogP contribution in [0.4, 0.5) is 5.95 Å². The number of methoxy groups -OCH3 is 2. The van der Waals surface area contributed by atoms with E-state index in [1.54, 1.807) is 0 Å². The Labute approximate surface area is 120 Å². The highest BCUT2D eigenvalue weighted by molar-refractivity contribution is 5.29. The highest BCUT2D eigenvalue weighted by Crippen LogP contribution is 2.29. The van der Waals surface area contributed by atoms with E-state index in [2.05, 4.69) is 27.2 Å². The van der Waals surface area contributed by atoms with E-state index in [1.807, 2.05) is 0 Å². The zero-order valence-electron chi connectivity index (χ0n) is 12.6. The van der Waals surface area contributed by atoms with Gasteiger partial charge in [-0.05, 0) is 25.2 Å². The molecule has 1 saturated carbocycles. The number of aromatic nitrogens is 3. The van der Waals surface area contributed by atoms with Gasteiger partial charge in [-0.25, -0.2) is 0 Å². The molecule has 0 saturated heterocycles. The fraction of sp³-hybridized carbons (Fsp3) is 0.786. The highest BCUT2D eigenvalue weighted by atomic mass is 16.5. The number of nitrogens with one attached hydrogen (secondary N) is 1. The second-order valence-electron chi connectivity index (χ2n) is 5.19. The van der Waals surface area contributed by atoms with Gasteiger partial charge in [-0.2, -0.15) is 9.97 Å². The van der Waals surface area contributed by atoms with Crippen molar-refractivity contribution in [1.82, 2.24) is 15.0 Å². The van der Waals surface area contributed by atoms with E-state index >= 15 is 0 Å². The molecule has 1 aliphatic carbocycles. The Balaban J connectivity index is 2.09. The van der Waals surface area contributed by atoms with Crippen molar-refractivity contribution in [2.75, 3.05) is 19.5 Å². The summed E-state index contributed by atoms with van der Waals surface area (Å²) in [4.78, 5) is 12.5. The Kier molecular flexibility index (Phi) is 5.38. The van der Waals surface area contributed by atoms with Crippen molar-refractivity contribution in [3.8, 4) is 12.0 Å². The van der Waals surface area contributed by atoms with Gasteiger partial charge in [-0.1, -0.05) is 26.2 Å². The molecule has 1 aromatic heterocycles. The Morgan fingerprint density at radius 1 is 1.05 bits per heavy atom. The average Bonchev–Trinajstić information content (AvgIpc) is 2.53. The molecule has 0 aromatic carbocycles. The summed E-state index contributed by atoms with van der Waals surface area (Å²) in [7, 11) is 3.08. The lowest BCUT2D eigenvalue weighted by Gasteiger charge is -2.30. The summed E-state index contributed by atoms with van der Waals surface area (Å²) in [6.07, 6.45) is 7.64. The third-order valence-corrected chi connectivity index (χ3v) is 3.93. The normalized spacial score (nSPS) is 17.6. The van der Waals surface area contributed by atoms with Crippen molar-refractivity contribution in [3.05, 3.63) is 0 Å². The summed E-state index contributed by atoms with van der Waals surface area (Å²) in [6.45, 7) is 2.20. The molecule has 0 bridgehead atoms. The largest absolute Gasteiger partial charge is 0.467 e. The van der Waals surface area contributed by atoms with E-state index in [4.69, 9.17) is 9.47 Å². The lowest BCUT2D eigenvalue weighted by atomic mass is 9.83. The second kappa shape index (κ2) is 7.26. The Morgan fingerprint density at radius 3 is 2.15 bits per heavy atom. The van der Waals surface area contributed by atoms with Crippen LogP contribution in [0.25, 0.3) is 0 Å². The van der Waals surface area contributed by atoms with Crippen LogP contribution in [-0.4, -0.2) is 35.2 Å². The number of nitrogens with zero attached hydrogens (tertiary/aromatic N) is 3. The maximum Gasteiger partial charge on any atom is 0.324 e. The van der Waals surface area contributed by atoms with Gasteiger partial charge in [0.25, 0.3) is 0 Å². The predicted octanol–water partition coefficient (Wildman–Crippen LogP) is 2.66. The Bertz CT molecular complexity index is 399. The second-order valence-corrected chi connectivity index (χ2v) is 5.19. The van der Waals surface area contributed by atoms with Crippen LogP contribution >= 0.6 is 0 Å². The Morgan fingerprint density at radius 2 is 1.65 bits per heavy atom. The molecule has 1 aromatic rings. The smallest absolute Gasteiger partial charge is 0.324 e. The van der Waals surface area contributed by atoms with Gasteiger partial charge in [0.1, 0.15) is 0 Å². The van der Waals surface area contributed by atoms with Gasteiger partial charge >= 0.3 is 12.0 Å². The number of hydrogen-bond acceptors (Lipinski definition) is 6. The van der Waals surface area contributed by atoms with Gasteiger partial charge in [-0.15, -0.1) is 4.98 Å². The average molecular weight is 280 g/mol. The molecular weight excluding hydrogens is 256 g/mol. The summed E-state index contributed by atoms with van der Waals surface area (Å²) < 4.78 is 10.2. The topological polar surface area (TPSA) is 69.2 Å². The first-order valence-corrected chi connectivity index (χ1v) is 7.37. The minimum absolute atomic E-state index is 0.276. The molecule has 1 fully saturated rings. The Hall–Kier alpha value is -1.59. The van der Waals surface area contributed by atoms with Crippen LogP contribution in [0, 0.1) is 5.92 Å². The maximum absolute atomic E-state index is 5.08. The van der Waals surface area contributed by atoms with Crippen LogP contribution in [0.5, 0.6) is 12.0 Å². The van der Waals surface area contributed by atoms with Gasteiger partial charge in [0.2, 0.25) is 5.95 Å². The first kappa shape index (κ1) is 14.8. The van der Waals surface area contributed by atoms with Gasteiger partial charge in [0, 0.05) is 6.04 Å². The third kappa shape index (κ3) is 3.71. The van der Waals surface area contributed by atoms with Crippen molar-refractivity contribution in [1.29, 1.82) is 0 Å². The fourth-order valence-corrected chi connectivity index (χ4v) is 2.84. The molecule has 112 valence electrons. The standard InChI is InChI=1S/C14H24N4O2/c1-4-11(10-8-6-5-7-9-10)15-12-16-13(19-2)18-14(17-12)20-3/h10-11H,4-9H2,1-3H3,(H,15,16,17,18). The van der Waals surface area contributed by atoms with Crippen LogP contribution in [0.15, 0.2) is 0 Å².